The summed E-state index contributed by atoms with van der Waals surface area (Å²) in [4.78, 5) is 12.6. The third-order valence-electron chi connectivity index (χ3n) is 3.96. The summed E-state index contributed by atoms with van der Waals surface area (Å²) in [5.74, 6) is -0.109. The summed E-state index contributed by atoms with van der Waals surface area (Å²) < 4.78 is 15.8. The Hall–Kier alpha value is -2.85. The van der Waals surface area contributed by atoms with E-state index >= 15 is 0 Å². The summed E-state index contributed by atoms with van der Waals surface area (Å²) in [6.07, 6.45) is 1.49. The molecule has 0 saturated carbocycles. The van der Waals surface area contributed by atoms with Crippen molar-refractivity contribution in [3.8, 4) is 17.6 Å². The normalized spacial score (nSPS) is 16.5. The largest absolute Gasteiger partial charge is 0.493 e. The minimum absolute atomic E-state index is 0.0770. The Kier molecular flexibility index (Phi) is 6.36. The molecular weight excluding hydrogens is 352 g/mol. The number of methoxy groups -OCH3 is 2. The number of ether oxygens (including phenoxy) is 3. The lowest BCUT2D eigenvalue weighted by atomic mass is 9.82. The number of rotatable bonds is 6. The zero-order chi connectivity index (χ0) is 19.3. The van der Waals surface area contributed by atoms with Crippen LogP contribution >= 0.6 is 12.6 Å². The number of hydrogen-bond donors (Lipinski definition) is 2. The zero-order valence-electron chi connectivity index (χ0n) is 14.8. The maximum Gasteiger partial charge on any atom is 0.337 e. The third-order valence-corrected chi connectivity index (χ3v) is 4.31. The molecule has 1 unspecified atom stereocenters. The highest BCUT2D eigenvalue weighted by molar-refractivity contribution is 7.84. The third kappa shape index (κ3) is 3.70. The van der Waals surface area contributed by atoms with Gasteiger partial charge in [-0.3, -0.25) is 0 Å². The molecule has 1 atom stereocenters. The predicted molar refractivity (Wildman–Crippen MR) is 101 cm³/mol. The number of thiol groups is 1. The fraction of sp³-hybridized carbons (Fsp3) is 0.263. The quantitative estimate of drug-likeness (QED) is 0.454. The average molecular weight is 372 g/mol. The molecule has 0 aliphatic carbocycles. The van der Waals surface area contributed by atoms with Crippen LogP contribution in [-0.4, -0.2) is 26.8 Å². The highest BCUT2D eigenvalue weighted by atomic mass is 32.1. The number of nitrogens with zero attached hydrogens (tertiary/aromatic N) is 1. The molecule has 0 aromatic heterocycles. The summed E-state index contributed by atoms with van der Waals surface area (Å²) in [7, 11) is 3.06. The van der Waals surface area contributed by atoms with Crippen LogP contribution in [0.5, 0.6) is 11.5 Å². The molecule has 0 spiro atoms. The molecule has 136 valence electrons. The van der Waals surface area contributed by atoms with Gasteiger partial charge < -0.3 is 19.5 Å². The fourth-order valence-corrected chi connectivity index (χ4v) is 3.12. The average Bonchev–Trinajstić information content (AvgIpc) is 2.64. The summed E-state index contributed by atoms with van der Waals surface area (Å²) in [6.45, 7) is 5.36. The first-order chi connectivity index (χ1) is 12.5. The number of nitrogens with one attached hydrogen (secondary N) is 1. The van der Waals surface area contributed by atoms with Gasteiger partial charge in [0.2, 0.25) is 0 Å². The second-order valence-corrected chi connectivity index (χ2v) is 5.92. The predicted octanol–water partition coefficient (Wildman–Crippen LogP) is 3.06. The molecule has 0 saturated heterocycles. The second-order valence-electron chi connectivity index (χ2n) is 5.47. The van der Waals surface area contributed by atoms with Crippen molar-refractivity contribution in [2.45, 2.75) is 12.8 Å². The first-order valence-electron chi connectivity index (χ1n) is 7.79. The van der Waals surface area contributed by atoms with Gasteiger partial charge in [-0.2, -0.15) is 5.26 Å². The van der Waals surface area contributed by atoms with E-state index in [1.54, 1.807) is 25.1 Å². The molecule has 1 aliphatic rings. The number of benzene rings is 1. The van der Waals surface area contributed by atoms with Crippen LogP contribution in [0.4, 0.5) is 0 Å². The molecule has 7 heteroatoms. The van der Waals surface area contributed by atoms with Crippen LogP contribution < -0.4 is 14.8 Å². The molecule has 0 fully saturated rings. The van der Waals surface area contributed by atoms with Gasteiger partial charge in [0.05, 0.1) is 42.4 Å². The van der Waals surface area contributed by atoms with Crippen LogP contribution in [0.3, 0.4) is 0 Å². The molecular formula is C19H20N2O4S. The van der Waals surface area contributed by atoms with E-state index in [2.05, 4.69) is 30.6 Å². The summed E-state index contributed by atoms with van der Waals surface area (Å²) in [5.41, 5.74) is 1.92. The van der Waals surface area contributed by atoms with Gasteiger partial charge in [0.25, 0.3) is 0 Å². The molecule has 0 amide bonds. The van der Waals surface area contributed by atoms with Crippen molar-refractivity contribution in [1.82, 2.24) is 5.32 Å². The lowest BCUT2D eigenvalue weighted by Gasteiger charge is -2.28. The van der Waals surface area contributed by atoms with Crippen molar-refractivity contribution in [1.29, 1.82) is 5.26 Å². The van der Waals surface area contributed by atoms with E-state index < -0.39 is 11.9 Å². The number of carbonyl (C=O) groups is 1. The molecule has 1 N–H and O–H groups in total. The van der Waals surface area contributed by atoms with Gasteiger partial charge in [0.1, 0.15) is 6.61 Å². The van der Waals surface area contributed by atoms with Crippen LogP contribution in [0, 0.1) is 11.3 Å². The fourth-order valence-electron chi connectivity index (χ4n) is 2.78. The lowest BCUT2D eigenvalue weighted by molar-refractivity contribution is -0.138. The van der Waals surface area contributed by atoms with Crippen molar-refractivity contribution < 1.29 is 19.0 Å². The summed E-state index contributed by atoms with van der Waals surface area (Å²) >= 11 is 4.36. The Morgan fingerprint density at radius 3 is 2.65 bits per heavy atom. The number of allylic oxidation sites excluding steroid dienone is 2. The molecule has 1 aliphatic heterocycles. The van der Waals surface area contributed by atoms with E-state index in [0.717, 1.165) is 0 Å². The molecule has 6 nitrogen and oxygen atoms in total. The van der Waals surface area contributed by atoms with E-state index in [4.69, 9.17) is 14.2 Å². The molecule has 0 radical (unpaired) electrons. The zero-order valence-corrected chi connectivity index (χ0v) is 15.7. The Bertz CT molecular complexity index is 836. The van der Waals surface area contributed by atoms with Gasteiger partial charge in [-0.25, -0.2) is 4.79 Å². The minimum Gasteiger partial charge on any atom is -0.493 e. The Morgan fingerprint density at radius 1 is 1.38 bits per heavy atom. The van der Waals surface area contributed by atoms with E-state index in [9.17, 15) is 10.1 Å². The maximum absolute atomic E-state index is 12.6. The molecule has 0 bridgehead atoms. The lowest BCUT2D eigenvalue weighted by Crippen LogP contribution is -2.28. The molecule has 1 aromatic rings. The molecule has 26 heavy (non-hydrogen) atoms. The Morgan fingerprint density at radius 2 is 2.08 bits per heavy atom. The Balaban J connectivity index is 2.61. The van der Waals surface area contributed by atoms with E-state index in [1.165, 1.54) is 20.3 Å². The number of carbonyl (C=O) groups excluding carboxylic acids is 1. The number of hydrogen-bond acceptors (Lipinski definition) is 7. The van der Waals surface area contributed by atoms with Crippen molar-refractivity contribution >= 4 is 18.6 Å². The van der Waals surface area contributed by atoms with Gasteiger partial charge in [-0.1, -0.05) is 18.7 Å². The van der Waals surface area contributed by atoms with Crippen LogP contribution in [0.1, 0.15) is 18.4 Å². The van der Waals surface area contributed by atoms with Gasteiger partial charge in [0.15, 0.2) is 11.5 Å². The maximum atomic E-state index is 12.6. The number of dihydropyridines is 1. The monoisotopic (exact) mass is 372 g/mol. The van der Waals surface area contributed by atoms with Crippen LogP contribution in [-0.2, 0) is 9.53 Å². The highest BCUT2D eigenvalue weighted by Crippen LogP contribution is 2.41. The summed E-state index contributed by atoms with van der Waals surface area (Å²) in [5, 5.41) is 13.0. The van der Waals surface area contributed by atoms with Gasteiger partial charge in [-0.15, -0.1) is 12.6 Å². The van der Waals surface area contributed by atoms with Crippen LogP contribution in [0.2, 0.25) is 0 Å². The highest BCUT2D eigenvalue weighted by Gasteiger charge is 2.35. The van der Waals surface area contributed by atoms with Crippen molar-refractivity contribution in [2.75, 3.05) is 20.8 Å². The van der Waals surface area contributed by atoms with Crippen LogP contribution in [0.25, 0.3) is 0 Å². The second kappa shape index (κ2) is 8.50. The smallest absolute Gasteiger partial charge is 0.337 e. The van der Waals surface area contributed by atoms with E-state index in [-0.39, 0.29) is 6.61 Å². The molecule has 1 aromatic carbocycles. The van der Waals surface area contributed by atoms with Crippen molar-refractivity contribution in [3.63, 3.8) is 0 Å². The summed E-state index contributed by atoms with van der Waals surface area (Å²) in [6, 6.07) is 7.38. The molecule has 2 rings (SSSR count). The SMILES string of the molecule is C=CCOC(=O)C1=C(C)NC(S)=C(C#N)C1c1ccc(OC)c(OC)c1. The Labute approximate surface area is 158 Å². The van der Waals surface area contributed by atoms with Gasteiger partial charge >= 0.3 is 5.97 Å². The number of esters is 1. The van der Waals surface area contributed by atoms with Crippen molar-refractivity contribution in [2.24, 2.45) is 0 Å². The van der Waals surface area contributed by atoms with E-state index in [1.807, 2.05) is 0 Å². The first kappa shape index (κ1) is 19.5. The van der Waals surface area contributed by atoms with Crippen LogP contribution in [0.15, 0.2) is 52.7 Å². The van der Waals surface area contributed by atoms with Gasteiger partial charge in [0, 0.05) is 5.70 Å². The number of nitriles is 1. The topological polar surface area (TPSA) is 80.6 Å². The van der Waals surface area contributed by atoms with E-state index in [0.29, 0.717) is 38.9 Å². The van der Waals surface area contributed by atoms with Crippen molar-refractivity contribution in [3.05, 3.63) is 58.3 Å². The standard InChI is InChI=1S/C19H20N2O4S/c1-5-8-25-19(22)16-11(2)21-18(26)13(10-20)17(16)12-6-7-14(23-3)15(9-12)24-4/h5-7,9,17,21,26H,1,8H2,2-4H3. The minimum atomic E-state index is -0.633. The van der Waals surface area contributed by atoms with Gasteiger partial charge in [-0.05, 0) is 24.6 Å². The molecule has 1 heterocycles. The first-order valence-corrected chi connectivity index (χ1v) is 8.24.